The molecule has 2 amide bonds. The number of thiazole rings is 1. The predicted octanol–water partition coefficient (Wildman–Crippen LogP) is 6.39. The van der Waals surface area contributed by atoms with E-state index in [9.17, 15) is 22.8 Å². The molecule has 4 rings (SSSR count). The Balaban J connectivity index is 1.35. The highest BCUT2D eigenvalue weighted by molar-refractivity contribution is 7.15. The molecule has 1 aliphatic rings. The van der Waals surface area contributed by atoms with E-state index in [0.29, 0.717) is 30.3 Å². The molecule has 0 radical (unpaired) electrons. The number of nitrogens with one attached hydrogen (secondary N) is 2. The Labute approximate surface area is 223 Å². The summed E-state index contributed by atoms with van der Waals surface area (Å²) in [7, 11) is 0. The largest absolute Gasteiger partial charge is 0.465 e. The zero-order chi connectivity index (χ0) is 27.4. The van der Waals surface area contributed by atoms with Gasteiger partial charge >= 0.3 is 12.0 Å². The van der Waals surface area contributed by atoms with E-state index in [1.807, 2.05) is 32.2 Å². The molecule has 2 heterocycles. The van der Waals surface area contributed by atoms with Gasteiger partial charge in [-0.05, 0) is 57.9 Å². The van der Waals surface area contributed by atoms with Gasteiger partial charge in [0.15, 0.2) is 11.6 Å². The van der Waals surface area contributed by atoms with Crippen molar-refractivity contribution >= 4 is 34.7 Å². The van der Waals surface area contributed by atoms with Gasteiger partial charge in [-0.1, -0.05) is 12.1 Å². The van der Waals surface area contributed by atoms with E-state index < -0.39 is 29.2 Å². The number of benzene rings is 2. The van der Waals surface area contributed by atoms with Crippen molar-refractivity contribution in [1.29, 1.82) is 0 Å². The summed E-state index contributed by atoms with van der Waals surface area (Å²) < 4.78 is 45.4. The molecule has 1 aromatic heterocycles. The number of esters is 1. The first-order valence-electron chi connectivity index (χ1n) is 12.4. The summed E-state index contributed by atoms with van der Waals surface area (Å²) in [5.74, 6) is -3.57. The SMILES string of the molecule is CCOC(=O)C(C)N1CCC(c2ncc(-c3ccc(NC(=O)Nc4cc(F)c(F)cc4F)cc3)s2)CC1C. The van der Waals surface area contributed by atoms with E-state index in [0.717, 1.165) is 34.8 Å². The Bertz CT molecular complexity index is 1300. The fraction of sp³-hybridized carbons (Fsp3) is 0.370. The average molecular weight is 547 g/mol. The molecule has 0 bridgehead atoms. The van der Waals surface area contributed by atoms with Crippen LogP contribution < -0.4 is 10.6 Å². The summed E-state index contributed by atoms with van der Waals surface area (Å²) in [5.41, 5.74) is 0.898. The van der Waals surface area contributed by atoms with E-state index in [2.05, 4.69) is 27.4 Å². The first-order valence-corrected chi connectivity index (χ1v) is 13.2. The number of urea groups is 1. The van der Waals surface area contributed by atoms with Crippen LogP contribution in [0.4, 0.5) is 29.3 Å². The van der Waals surface area contributed by atoms with Crippen LogP contribution in [0.1, 0.15) is 44.5 Å². The lowest BCUT2D eigenvalue weighted by atomic mass is 9.91. The molecular weight excluding hydrogens is 517 g/mol. The van der Waals surface area contributed by atoms with Crippen LogP contribution >= 0.6 is 11.3 Å². The number of carbonyl (C=O) groups excluding carboxylic acids is 2. The number of aromatic nitrogens is 1. The lowest BCUT2D eigenvalue weighted by Gasteiger charge is -2.39. The van der Waals surface area contributed by atoms with E-state index in [1.165, 1.54) is 0 Å². The molecule has 1 aliphatic heterocycles. The van der Waals surface area contributed by atoms with Gasteiger partial charge in [0.2, 0.25) is 0 Å². The van der Waals surface area contributed by atoms with Crippen LogP contribution in [0, 0.1) is 17.5 Å². The topological polar surface area (TPSA) is 83.6 Å². The zero-order valence-electron chi connectivity index (χ0n) is 21.3. The second kappa shape index (κ2) is 12.0. The fourth-order valence-electron chi connectivity index (χ4n) is 4.62. The van der Waals surface area contributed by atoms with E-state index in [-0.39, 0.29) is 18.1 Å². The molecule has 2 aromatic carbocycles. The second-order valence-corrected chi connectivity index (χ2v) is 10.3. The Morgan fingerprint density at radius 2 is 1.84 bits per heavy atom. The molecule has 11 heteroatoms. The standard InChI is InChI=1S/C27H29F3N4O3S/c1-4-37-26(35)16(3)34-10-9-18(11-15(34)2)25-31-14-24(38-25)17-5-7-19(8-6-17)32-27(36)33-23-13-21(29)20(28)12-22(23)30/h5-8,12-16,18H,4,9-11H2,1-3H3,(H2,32,33,36). The Hall–Kier alpha value is -3.44. The number of rotatable bonds is 7. The molecule has 3 unspecified atom stereocenters. The first-order chi connectivity index (χ1) is 18.2. The van der Waals surface area contributed by atoms with Gasteiger partial charge in [0.25, 0.3) is 0 Å². The second-order valence-electron chi connectivity index (χ2n) is 9.20. The van der Waals surface area contributed by atoms with Crippen molar-refractivity contribution in [2.24, 2.45) is 0 Å². The number of halogens is 3. The van der Waals surface area contributed by atoms with Crippen molar-refractivity contribution in [1.82, 2.24) is 9.88 Å². The molecule has 7 nitrogen and oxygen atoms in total. The Kier molecular flexibility index (Phi) is 8.68. The van der Waals surface area contributed by atoms with Crippen LogP contribution in [0.3, 0.4) is 0 Å². The van der Waals surface area contributed by atoms with Crippen molar-refractivity contribution in [3.63, 3.8) is 0 Å². The molecule has 1 fully saturated rings. The lowest BCUT2D eigenvalue weighted by molar-refractivity contribution is -0.150. The highest BCUT2D eigenvalue weighted by atomic mass is 32.1. The molecule has 38 heavy (non-hydrogen) atoms. The van der Waals surface area contributed by atoms with Gasteiger partial charge in [0.05, 0.1) is 22.2 Å². The fourth-order valence-corrected chi connectivity index (χ4v) is 5.69. The molecule has 0 saturated carbocycles. The molecule has 3 aromatic rings. The van der Waals surface area contributed by atoms with Crippen molar-refractivity contribution in [2.75, 3.05) is 23.8 Å². The van der Waals surface area contributed by atoms with Gasteiger partial charge in [-0.3, -0.25) is 9.69 Å². The van der Waals surface area contributed by atoms with E-state index >= 15 is 0 Å². The lowest BCUT2D eigenvalue weighted by Crippen LogP contribution is -2.49. The third-order valence-electron chi connectivity index (χ3n) is 6.61. The number of likely N-dealkylation sites (tertiary alicyclic amines) is 1. The van der Waals surface area contributed by atoms with Crippen LogP contribution in [0.25, 0.3) is 10.4 Å². The average Bonchev–Trinajstić information content (AvgIpc) is 3.38. The van der Waals surface area contributed by atoms with Gasteiger partial charge in [0.1, 0.15) is 11.9 Å². The highest BCUT2D eigenvalue weighted by Crippen LogP contribution is 2.37. The highest BCUT2D eigenvalue weighted by Gasteiger charge is 2.33. The normalized spacial score (nSPS) is 18.6. The quantitative estimate of drug-likeness (QED) is 0.265. The summed E-state index contributed by atoms with van der Waals surface area (Å²) in [6, 6.07) is 7.15. The molecule has 0 aliphatic carbocycles. The minimum Gasteiger partial charge on any atom is -0.465 e. The molecule has 2 N–H and O–H groups in total. The maximum absolute atomic E-state index is 13.8. The summed E-state index contributed by atoms with van der Waals surface area (Å²) in [6.45, 7) is 6.98. The third kappa shape index (κ3) is 6.33. The summed E-state index contributed by atoms with van der Waals surface area (Å²) in [5, 5.41) is 5.75. The van der Waals surface area contributed by atoms with Gasteiger partial charge in [-0.2, -0.15) is 0 Å². The maximum Gasteiger partial charge on any atom is 0.323 e. The number of ether oxygens (including phenoxy) is 1. The monoisotopic (exact) mass is 546 g/mol. The number of amides is 2. The number of hydrogen-bond acceptors (Lipinski definition) is 6. The van der Waals surface area contributed by atoms with Crippen molar-refractivity contribution in [3.05, 3.63) is 65.1 Å². The number of nitrogens with zero attached hydrogens (tertiary/aromatic N) is 2. The Morgan fingerprint density at radius 1 is 1.13 bits per heavy atom. The minimum atomic E-state index is -1.33. The zero-order valence-corrected chi connectivity index (χ0v) is 22.1. The molecule has 3 atom stereocenters. The molecule has 0 spiro atoms. The van der Waals surface area contributed by atoms with Gasteiger partial charge in [0, 0.05) is 36.0 Å². The van der Waals surface area contributed by atoms with Crippen LogP contribution in [0.2, 0.25) is 0 Å². The van der Waals surface area contributed by atoms with Gasteiger partial charge in [-0.15, -0.1) is 11.3 Å². The Morgan fingerprint density at radius 3 is 2.53 bits per heavy atom. The summed E-state index contributed by atoms with van der Waals surface area (Å²) >= 11 is 1.62. The number of piperidine rings is 1. The summed E-state index contributed by atoms with van der Waals surface area (Å²) in [6.07, 6.45) is 3.63. The first kappa shape index (κ1) is 27.6. The van der Waals surface area contributed by atoms with Crippen molar-refractivity contribution in [3.8, 4) is 10.4 Å². The van der Waals surface area contributed by atoms with Crippen LogP contribution in [-0.2, 0) is 9.53 Å². The minimum absolute atomic E-state index is 0.193. The van der Waals surface area contributed by atoms with Crippen molar-refractivity contribution in [2.45, 2.75) is 51.6 Å². The molecular formula is C27H29F3N4O3S. The van der Waals surface area contributed by atoms with E-state index in [1.54, 1.807) is 23.5 Å². The third-order valence-corrected chi connectivity index (χ3v) is 7.82. The van der Waals surface area contributed by atoms with E-state index in [4.69, 9.17) is 4.74 Å². The number of carbonyl (C=O) groups is 2. The van der Waals surface area contributed by atoms with Crippen LogP contribution in [-0.4, -0.2) is 47.1 Å². The summed E-state index contributed by atoms with van der Waals surface area (Å²) in [4.78, 5) is 32.2. The maximum atomic E-state index is 13.8. The van der Waals surface area contributed by atoms with Gasteiger partial charge in [-0.25, -0.2) is 22.9 Å². The molecule has 202 valence electrons. The van der Waals surface area contributed by atoms with Crippen LogP contribution in [0.5, 0.6) is 0 Å². The smallest absolute Gasteiger partial charge is 0.323 e. The van der Waals surface area contributed by atoms with Gasteiger partial charge < -0.3 is 15.4 Å². The number of anilines is 2. The number of hydrogen-bond donors (Lipinski definition) is 2. The predicted molar refractivity (Wildman–Crippen MR) is 141 cm³/mol. The van der Waals surface area contributed by atoms with Crippen molar-refractivity contribution < 1.29 is 27.5 Å². The molecule has 1 saturated heterocycles. The van der Waals surface area contributed by atoms with Crippen LogP contribution in [0.15, 0.2) is 42.6 Å².